The molecule has 16 heavy (non-hydrogen) atoms. The van der Waals surface area contributed by atoms with Crippen molar-refractivity contribution in [1.29, 1.82) is 0 Å². The molecule has 0 spiro atoms. The van der Waals surface area contributed by atoms with Gasteiger partial charge in [-0.2, -0.15) is 0 Å². The molecule has 1 amide bonds. The van der Waals surface area contributed by atoms with Gasteiger partial charge in [-0.1, -0.05) is 0 Å². The molecule has 2 unspecified atom stereocenters. The molecule has 1 saturated heterocycles. The number of ether oxygens (including phenoxy) is 1. The minimum Gasteiger partial charge on any atom is -0.457 e. The maximum absolute atomic E-state index is 11.8. The average Bonchev–Trinajstić information content (AvgIpc) is 2.86. The Kier molecular flexibility index (Phi) is 3.66. The normalized spacial score (nSPS) is 22.0. The van der Waals surface area contributed by atoms with Crippen LogP contribution in [0.1, 0.15) is 30.1 Å². The van der Waals surface area contributed by atoms with Crippen molar-refractivity contribution < 1.29 is 13.9 Å². The highest BCUT2D eigenvalue weighted by molar-refractivity contribution is 9.10. The van der Waals surface area contributed by atoms with E-state index in [4.69, 9.17) is 9.15 Å². The number of furan rings is 1. The van der Waals surface area contributed by atoms with E-state index in [0.29, 0.717) is 10.2 Å². The van der Waals surface area contributed by atoms with Gasteiger partial charge in [0.25, 0.3) is 5.91 Å². The van der Waals surface area contributed by atoms with Gasteiger partial charge in [0, 0.05) is 6.61 Å². The second-order valence-electron chi connectivity index (χ2n) is 3.92. The summed E-state index contributed by atoms with van der Waals surface area (Å²) in [5, 5.41) is 2.91. The summed E-state index contributed by atoms with van der Waals surface area (Å²) in [6, 6.07) is 1.67. The lowest BCUT2D eigenvalue weighted by atomic mass is 10.1. The van der Waals surface area contributed by atoms with Crippen molar-refractivity contribution in [2.24, 2.45) is 0 Å². The molecule has 1 aliphatic rings. The van der Waals surface area contributed by atoms with Gasteiger partial charge < -0.3 is 14.5 Å². The van der Waals surface area contributed by atoms with E-state index in [1.54, 1.807) is 6.07 Å². The van der Waals surface area contributed by atoms with Gasteiger partial charge in [-0.15, -0.1) is 0 Å². The summed E-state index contributed by atoms with van der Waals surface area (Å²) < 4.78 is 11.0. The van der Waals surface area contributed by atoms with E-state index in [1.165, 1.54) is 6.26 Å². The molecule has 4 nitrogen and oxygen atoms in total. The lowest BCUT2D eigenvalue weighted by Crippen LogP contribution is -2.40. The summed E-state index contributed by atoms with van der Waals surface area (Å²) >= 11 is 3.18. The zero-order valence-electron chi connectivity index (χ0n) is 9.03. The number of halogens is 1. The van der Waals surface area contributed by atoms with Crippen LogP contribution in [0.5, 0.6) is 0 Å². The third-order valence-corrected chi connectivity index (χ3v) is 3.36. The van der Waals surface area contributed by atoms with Crippen LogP contribution in [-0.4, -0.2) is 24.7 Å². The van der Waals surface area contributed by atoms with Crippen molar-refractivity contribution in [3.63, 3.8) is 0 Å². The van der Waals surface area contributed by atoms with Crippen LogP contribution in [0.3, 0.4) is 0 Å². The number of nitrogens with one attached hydrogen (secondary N) is 1. The smallest absolute Gasteiger partial charge is 0.256 e. The van der Waals surface area contributed by atoms with Crippen LogP contribution in [-0.2, 0) is 4.74 Å². The molecule has 2 heterocycles. The Balaban J connectivity index is 1.94. The molecule has 2 atom stereocenters. The van der Waals surface area contributed by atoms with Gasteiger partial charge >= 0.3 is 0 Å². The number of rotatable bonds is 3. The zero-order valence-corrected chi connectivity index (χ0v) is 10.6. The van der Waals surface area contributed by atoms with Crippen molar-refractivity contribution in [3.8, 4) is 0 Å². The van der Waals surface area contributed by atoms with Crippen LogP contribution in [0.15, 0.2) is 21.4 Å². The Morgan fingerprint density at radius 1 is 1.69 bits per heavy atom. The summed E-state index contributed by atoms with van der Waals surface area (Å²) in [4.78, 5) is 11.8. The van der Waals surface area contributed by atoms with Gasteiger partial charge in [0.15, 0.2) is 4.67 Å². The van der Waals surface area contributed by atoms with Gasteiger partial charge in [0.05, 0.1) is 24.0 Å². The first-order chi connectivity index (χ1) is 7.68. The fraction of sp³-hybridized carbons (Fsp3) is 0.545. The molecule has 88 valence electrons. The highest BCUT2D eigenvalue weighted by atomic mass is 79.9. The predicted octanol–water partition coefficient (Wildman–Crippen LogP) is 2.34. The van der Waals surface area contributed by atoms with Gasteiger partial charge in [-0.3, -0.25) is 4.79 Å². The van der Waals surface area contributed by atoms with Crippen LogP contribution in [0, 0.1) is 0 Å². The molecule has 0 aliphatic carbocycles. The predicted molar refractivity (Wildman–Crippen MR) is 62.3 cm³/mol. The van der Waals surface area contributed by atoms with Crippen molar-refractivity contribution in [2.75, 3.05) is 6.61 Å². The molecule has 0 bridgehead atoms. The van der Waals surface area contributed by atoms with Crippen molar-refractivity contribution in [3.05, 3.63) is 22.6 Å². The number of carbonyl (C=O) groups excluding carboxylic acids is 1. The molecule has 0 radical (unpaired) electrons. The van der Waals surface area contributed by atoms with E-state index in [0.717, 1.165) is 19.4 Å². The van der Waals surface area contributed by atoms with E-state index in [1.807, 2.05) is 6.92 Å². The molecule has 0 saturated carbocycles. The summed E-state index contributed by atoms with van der Waals surface area (Å²) in [5.74, 6) is -0.136. The SMILES string of the molecule is CC(NC(=O)c1ccoc1Br)C1CCCO1. The number of carbonyl (C=O) groups is 1. The van der Waals surface area contributed by atoms with Gasteiger partial charge in [-0.25, -0.2) is 0 Å². The van der Waals surface area contributed by atoms with Gasteiger partial charge in [0.2, 0.25) is 0 Å². The zero-order chi connectivity index (χ0) is 11.5. The van der Waals surface area contributed by atoms with Gasteiger partial charge in [0.1, 0.15) is 0 Å². The van der Waals surface area contributed by atoms with E-state index < -0.39 is 0 Å². The van der Waals surface area contributed by atoms with E-state index >= 15 is 0 Å². The summed E-state index contributed by atoms with van der Waals surface area (Å²) in [6.45, 7) is 2.75. The van der Waals surface area contributed by atoms with Crippen LogP contribution in [0.25, 0.3) is 0 Å². The molecular formula is C11H14BrNO3. The molecule has 1 aromatic rings. The molecule has 1 N–H and O–H groups in total. The Morgan fingerprint density at radius 3 is 3.06 bits per heavy atom. The standard InChI is InChI=1S/C11H14BrNO3/c1-7(9-3-2-5-15-9)13-11(14)8-4-6-16-10(8)12/h4,6-7,9H,2-3,5H2,1H3,(H,13,14). The lowest BCUT2D eigenvalue weighted by molar-refractivity contribution is 0.0711. The third-order valence-electron chi connectivity index (χ3n) is 2.74. The molecule has 1 fully saturated rings. The summed E-state index contributed by atoms with van der Waals surface area (Å²) in [5.41, 5.74) is 0.518. The van der Waals surface area contributed by atoms with Crippen molar-refractivity contribution in [2.45, 2.75) is 31.9 Å². The molecule has 5 heteroatoms. The average molecular weight is 288 g/mol. The molecule has 0 aromatic carbocycles. The summed E-state index contributed by atoms with van der Waals surface area (Å²) in [6.07, 6.45) is 3.69. The van der Waals surface area contributed by atoms with Crippen molar-refractivity contribution >= 4 is 21.8 Å². The number of hydrogen-bond donors (Lipinski definition) is 1. The van der Waals surface area contributed by atoms with Crippen molar-refractivity contribution in [1.82, 2.24) is 5.32 Å². The van der Waals surface area contributed by atoms with Crippen LogP contribution >= 0.6 is 15.9 Å². The molecule has 2 rings (SSSR count). The maximum atomic E-state index is 11.8. The Morgan fingerprint density at radius 2 is 2.50 bits per heavy atom. The minimum absolute atomic E-state index is 0.0248. The first-order valence-electron chi connectivity index (χ1n) is 5.34. The maximum Gasteiger partial charge on any atom is 0.256 e. The second-order valence-corrected chi connectivity index (χ2v) is 4.64. The van der Waals surface area contributed by atoms with Crippen LogP contribution in [0.4, 0.5) is 0 Å². The third kappa shape index (κ3) is 2.47. The Bertz CT molecular complexity index is 371. The first kappa shape index (κ1) is 11.7. The lowest BCUT2D eigenvalue weighted by Gasteiger charge is -2.19. The van der Waals surface area contributed by atoms with Crippen LogP contribution in [0.2, 0.25) is 0 Å². The quantitative estimate of drug-likeness (QED) is 0.928. The second kappa shape index (κ2) is 5.01. The topological polar surface area (TPSA) is 51.5 Å². The largest absolute Gasteiger partial charge is 0.457 e. The highest BCUT2D eigenvalue weighted by Gasteiger charge is 2.24. The van der Waals surface area contributed by atoms with E-state index in [-0.39, 0.29) is 18.1 Å². The highest BCUT2D eigenvalue weighted by Crippen LogP contribution is 2.19. The van der Waals surface area contributed by atoms with E-state index in [2.05, 4.69) is 21.2 Å². The Labute approximate surface area is 102 Å². The summed E-state index contributed by atoms with van der Waals surface area (Å²) in [7, 11) is 0. The minimum atomic E-state index is -0.136. The monoisotopic (exact) mass is 287 g/mol. The van der Waals surface area contributed by atoms with Crippen LogP contribution < -0.4 is 5.32 Å². The fourth-order valence-electron chi connectivity index (χ4n) is 1.83. The molecular weight excluding hydrogens is 274 g/mol. The van der Waals surface area contributed by atoms with Gasteiger partial charge in [-0.05, 0) is 41.8 Å². The fourth-order valence-corrected chi connectivity index (χ4v) is 2.25. The Hall–Kier alpha value is -0.810. The molecule has 1 aliphatic heterocycles. The number of amides is 1. The van der Waals surface area contributed by atoms with E-state index in [9.17, 15) is 4.79 Å². The number of hydrogen-bond acceptors (Lipinski definition) is 3. The first-order valence-corrected chi connectivity index (χ1v) is 6.13. The molecule has 1 aromatic heterocycles.